The molecular formula is C17H18N2O3. The van der Waals surface area contributed by atoms with Crippen LogP contribution in [-0.2, 0) is 6.42 Å². The number of fused-ring (bicyclic) bond motifs is 1. The van der Waals surface area contributed by atoms with Gasteiger partial charge in [0.15, 0.2) is 5.89 Å². The van der Waals surface area contributed by atoms with Gasteiger partial charge in [-0.2, -0.15) is 0 Å². The van der Waals surface area contributed by atoms with Crippen LogP contribution in [0.3, 0.4) is 0 Å². The minimum absolute atomic E-state index is 0.603. The van der Waals surface area contributed by atoms with E-state index in [0.29, 0.717) is 18.2 Å². The molecule has 22 heavy (non-hydrogen) atoms. The lowest BCUT2D eigenvalue weighted by Gasteiger charge is -2.06. The lowest BCUT2D eigenvalue weighted by atomic mass is 10.3. The van der Waals surface area contributed by atoms with E-state index in [0.717, 1.165) is 35.6 Å². The number of aromatic nitrogens is 2. The van der Waals surface area contributed by atoms with Crippen LogP contribution in [0.4, 0.5) is 0 Å². The van der Waals surface area contributed by atoms with Crippen molar-refractivity contribution in [2.75, 3.05) is 13.7 Å². The first-order chi connectivity index (χ1) is 10.7. The van der Waals surface area contributed by atoms with Gasteiger partial charge in [0.05, 0.1) is 13.7 Å². The van der Waals surface area contributed by atoms with Crippen LogP contribution in [0.5, 0.6) is 11.5 Å². The zero-order valence-electron chi connectivity index (χ0n) is 12.7. The maximum atomic E-state index is 5.68. The lowest BCUT2D eigenvalue weighted by molar-refractivity contribution is 0.305. The van der Waals surface area contributed by atoms with Crippen LogP contribution < -0.4 is 9.47 Å². The van der Waals surface area contributed by atoms with Gasteiger partial charge in [-0.05, 0) is 49.7 Å². The Hall–Kier alpha value is -2.56. The van der Waals surface area contributed by atoms with Gasteiger partial charge >= 0.3 is 0 Å². The summed E-state index contributed by atoms with van der Waals surface area (Å²) in [5.41, 5.74) is 2.33. The van der Waals surface area contributed by atoms with Crippen LogP contribution in [0.15, 0.2) is 40.8 Å². The molecule has 0 saturated carbocycles. The molecule has 114 valence electrons. The highest BCUT2D eigenvalue weighted by Gasteiger charge is 2.07. The molecule has 1 aromatic carbocycles. The van der Waals surface area contributed by atoms with Crippen molar-refractivity contribution in [3.63, 3.8) is 0 Å². The van der Waals surface area contributed by atoms with Crippen LogP contribution in [-0.4, -0.2) is 23.7 Å². The molecular weight excluding hydrogens is 280 g/mol. The van der Waals surface area contributed by atoms with Crippen LogP contribution in [0, 0.1) is 6.92 Å². The third kappa shape index (κ3) is 3.36. The molecule has 3 aromatic rings. The molecule has 0 saturated heterocycles. The van der Waals surface area contributed by atoms with E-state index < -0.39 is 0 Å². The van der Waals surface area contributed by atoms with Crippen molar-refractivity contribution in [2.24, 2.45) is 0 Å². The molecule has 2 aromatic heterocycles. The third-order valence-electron chi connectivity index (χ3n) is 3.30. The number of pyridine rings is 1. The van der Waals surface area contributed by atoms with Crippen molar-refractivity contribution in [3.8, 4) is 11.5 Å². The highest BCUT2D eigenvalue weighted by molar-refractivity contribution is 5.67. The second kappa shape index (κ2) is 6.47. The number of hydrogen-bond donors (Lipinski definition) is 0. The second-order valence-electron chi connectivity index (χ2n) is 5.01. The number of benzene rings is 1. The summed E-state index contributed by atoms with van der Waals surface area (Å²) in [5, 5.41) is 0. The summed E-state index contributed by atoms with van der Waals surface area (Å²) in [4.78, 5) is 8.74. The van der Waals surface area contributed by atoms with Crippen molar-refractivity contribution < 1.29 is 13.9 Å². The predicted octanol–water partition coefficient (Wildman–Crippen LogP) is 3.55. The largest absolute Gasteiger partial charge is 0.497 e. The molecule has 0 atom stereocenters. The molecule has 0 unspecified atom stereocenters. The fourth-order valence-electron chi connectivity index (χ4n) is 2.15. The first-order valence-corrected chi connectivity index (χ1v) is 7.24. The van der Waals surface area contributed by atoms with E-state index in [9.17, 15) is 0 Å². The van der Waals surface area contributed by atoms with E-state index >= 15 is 0 Å². The van der Waals surface area contributed by atoms with Crippen molar-refractivity contribution in [1.82, 2.24) is 9.97 Å². The van der Waals surface area contributed by atoms with E-state index in [1.54, 1.807) is 7.11 Å². The van der Waals surface area contributed by atoms with Gasteiger partial charge in [0.1, 0.15) is 17.0 Å². The molecule has 5 nitrogen and oxygen atoms in total. The normalized spacial score (nSPS) is 10.8. The maximum absolute atomic E-state index is 5.68. The van der Waals surface area contributed by atoms with Gasteiger partial charge < -0.3 is 13.9 Å². The van der Waals surface area contributed by atoms with Crippen molar-refractivity contribution in [2.45, 2.75) is 19.8 Å². The molecule has 0 bridgehead atoms. The topological polar surface area (TPSA) is 57.4 Å². The Bertz CT molecular complexity index is 750. The second-order valence-corrected chi connectivity index (χ2v) is 5.01. The molecule has 2 heterocycles. The summed E-state index contributed by atoms with van der Waals surface area (Å²) in [6, 6.07) is 11.4. The molecule has 0 aliphatic carbocycles. The van der Waals surface area contributed by atoms with E-state index in [1.807, 2.05) is 43.3 Å². The minimum Gasteiger partial charge on any atom is -0.497 e. The van der Waals surface area contributed by atoms with Crippen molar-refractivity contribution in [1.29, 1.82) is 0 Å². The van der Waals surface area contributed by atoms with Crippen LogP contribution in [0.2, 0.25) is 0 Å². The standard InChI is InChI=1S/C17H18N2O3/c1-12-5-10-15-17(18-12)22-16(19-15)4-3-11-21-14-8-6-13(20-2)7-9-14/h5-10H,3-4,11H2,1-2H3. The number of ether oxygens (including phenoxy) is 2. The SMILES string of the molecule is COc1ccc(OCCCc2nc3ccc(C)nc3o2)cc1. The first kappa shape index (κ1) is 14.4. The van der Waals surface area contributed by atoms with Crippen molar-refractivity contribution in [3.05, 3.63) is 48.0 Å². The van der Waals surface area contributed by atoms with Crippen LogP contribution >= 0.6 is 0 Å². The van der Waals surface area contributed by atoms with Gasteiger partial charge in [0.25, 0.3) is 0 Å². The molecule has 0 amide bonds. The Morgan fingerprint density at radius 3 is 2.55 bits per heavy atom. The fraction of sp³-hybridized carbons (Fsp3) is 0.294. The Morgan fingerprint density at radius 1 is 1.00 bits per heavy atom. The summed E-state index contributed by atoms with van der Waals surface area (Å²) in [6.45, 7) is 2.54. The summed E-state index contributed by atoms with van der Waals surface area (Å²) in [7, 11) is 1.65. The Morgan fingerprint density at radius 2 is 1.77 bits per heavy atom. The summed E-state index contributed by atoms with van der Waals surface area (Å²) < 4.78 is 16.4. The van der Waals surface area contributed by atoms with Gasteiger partial charge in [-0.15, -0.1) is 0 Å². The zero-order chi connectivity index (χ0) is 15.4. The molecule has 0 aliphatic heterocycles. The highest BCUT2D eigenvalue weighted by Crippen LogP contribution is 2.18. The molecule has 5 heteroatoms. The Kier molecular flexibility index (Phi) is 4.23. The maximum Gasteiger partial charge on any atom is 0.247 e. The number of aryl methyl sites for hydroxylation is 2. The first-order valence-electron chi connectivity index (χ1n) is 7.24. The molecule has 0 aliphatic rings. The van der Waals surface area contributed by atoms with Gasteiger partial charge in [-0.25, -0.2) is 9.97 Å². The summed E-state index contributed by atoms with van der Waals surface area (Å²) in [5.74, 6) is 2.35. The van der Waals surface area contributed by atoms with E-state index in [1.165, 1.54) is 0 Å². The van der Waals surface area contributed by atoms with Gasteiger partial charge in [-0.1, -0.05) is 0 Å². The van der Waals surface area contributed by atoms with Crippen LogP contribution in [0.1, 0.15) is 18.0 Å². The average molecular weight is 298 g/mol. The van der Waals surface area contributed by atoms with E-state index in [4.69, 9.17) is 13.9 Å². The lowest BCUT2D eigenvalue weighted by Crippen LogP contribution is -1.99. The van der Waals surface area contributed by atoms with Crippen molar-refractivity contribution >= 4 is 11.2 Å². The number of methoxy groups -OCH3 is 1. The minimum atomic E-state index is 0.603. The fourth-order valence-corrected chi connectivity index (χ4v) is 2.15. The molecule has 0 fully saturated rings. The highest BCUT2D eigenvalue weighted by atomic mass is 16.5. The number of hydrogen-bond acceptors (Lipinski definition) is 5. The predicted molar refractivity (Wildman–Crippen MR) is 83.4 cm³/mol. The number of oxazole rings is 1. The molecule has 0 radical (unpaired) electrons. The van der Waals surface area contributed by atoms with Crippen LogP contribution in [0.25, 0.3) is 11.2 Å². The summed E-state index contributed by atoms with van der Waals surface area (Å²) >= 11 is 0. The number of rotatable bonds is 6. The zero-order valence-corrected chi connectivity index (χ0v) is 12.7. The quantitative estimate of drug-likeness (QED) is 0.651. The average Bonchev–Trinajstić information content (AvgIpc) is 2.94. The van der Waals surface area contributed by atoms with E-state index in [-0.39, 0.29) is 0 Å². The Labute approximate surface area is 128 Å². The third-order valence-corrected chi connectivity index (χ3v) is 3.30. The monoisotopic (exact) mass is 298 g/mol. The molecule has 3 rings (SSSR count). The Balaban J connectivity index is 1.51. The van der Waals surface area contributed by atoms with Gasteiger partial charge in [-0.3, -0.25) is 0 Å². The molecule has 0 spiro atoms. The number of nitrogens with zero attached hydrogens (tertiary/aromatic N) is 2. The smallest absolute Gasteiger partial charge is 0.247 e. The molecule has 0 N–H and O–H groups in total. The van der Waals surface area contributed by atoms with Gasteiger partial charge in [0, 0.05) is 12.1 Å². The van der Waals surface area contributed by atoms with Gasteiger partial charge in [0.2, 0.25) is 5.71 Å². The van der Waals surface area contributed by atoms with E-state index in [2.05, 4.69) is 9.97 Å². The summed E-state index contributed by atoms with van der Waals surface area (Å²) in [6.07, 6.45) is 1.56.